The van der Waals surface area contributed by atoms with Gasteiger partial charge >= 0.3 is 4.87 Å². The summed E-state index contributed by atoms with van der Waals surface area (Å²) in [5.41, 5.74) is 2.92. The molecule has 1 aliphatic rings. The number of nitrogens with one attached hydrogen (secondary N) is 2. The van der Waals surface area contributed by atoms with Gasteiger partial charge in [-0.2, -0.15) is 5.10 Å². The van der Waals surface area contributed by atoms with Gasteiger partial charge < -0.3 is 15.0 Å². The van der Waals surface area contributed by atoms with E-state index in [0.717, 1.165) is 53.6 Å². The van der Waals surface area contributed by atoms with Gasteiger partial charge in [-0.15, -0.1) is 0 Å². The minimum Gasteiger partial charge on any atom is -0.489 e. The number of rotatable bonds is 9. The Morgan fingerprint density at radius 1 is 1.13 bits per heavy atom. The molecule has 0 saturated carbocycles. The number of aryl methyl sites for hydroxylation is 1. The van der Waals surface area contributed by atoms with E-state index in [-0.39, 0.29) is 16.8 Å². The normalized spacial score (nSPS) is 15.5. The molecule has 2 heterocycles. The lowest BCUT2D eigenvalue weighted by molar-refractivity contribution is 0.0877. The molecule has 1 saturated heterocycles. The lowest BCUT2D eigenvalue weighted by atomic mass is 9.87. The Hall–Kier alpha value is -3.49. The van der Waals surface area contributed by atoms with Crippen LogP contribution in [0.2, 0.25) is 0 Å². The maximum Gasteiger partial charge on any atom is 0.322 e. The Morgan fingerprint density at radius 2 is 1.87 bits per heavy atom. The van der Waals surface area contributed by atoms with Gasteiger partial charge in [0.1, 0.15) is 17.4 Å². The van der Waals surface area contributed by atoms with Crippen LogP contribution in [0.4, 0.5) is 0 Å². The van der Waals surface area contributed by atoms with Crippen molar-refractivity contribution < 1.29 is 9.53 Å². The molecule has 1 aromatic heterocycles. The van der Waals surface area contributed by atoms with E-state index in [0.29, 0.717) is 30.6 Å². The highest BCUT2D eigenvalue weighted by Crippen LogP contribution is 2.26. The van der Waals surface area contributed by atoms with E-state index < -0.39 is 0 Å². The molecule has 2 N–H and O–H groups in total. The number of H-pyrrole nitrogens is 1. The van der Waals surface area contributed by atoms with Crippen LogP contribution in [0.1, 0.15) is 53.2 Å². The highest BCUT2D eigenvalue weighted by molar-refractivity contribution is 7.08. The number of aromatic nitrogens is 2. The second kappa shape index (κ2) is 12.1. The van der Waals surface area contributed by atoms with E-state index in [1.807, 2.05) is 36.4 Å². The number of ether oxygens (including phenoxy) is 1. The first-order valence-corrected chi connectivity index (χ1v) is 14.5. The molecule has 1 fully saturated rings. The second-order valence-corrected chi connectivity index (χ2v) is 11.8. The Morgan fingerprint density at radius 3 is 2.56 bits per heavy atom. The standard InChI is InChI=1S/C31H36N4O3S/c1-20(2)35-14-12-22(13-15-35)28(18-29-33-34-31(37)39-29)32-30(36)23-8-10-26(11-9-23)38-19-25-17-21(3)16-24-6-4-5-7-27(24)25/h4-11,16-17,20,22,28H,12-15,18-19H2,1-3H3,(H,32,36)(H,34,37). The molecule has 39 heavy (non-hydrogen) atoms. The number of amides is 1. The number of hydrogen-bond acceptors (Lipinski definition) is 6. The quantitative estimate of drug-likeness (QED) is 0.297. The van der Waals surface area contributed by atoms with Crippen LogP contribution in [-0.4, -0.2) is 46.2 Å². The number of fused-ring (bicyclic) bond motifs is 1. The molecule has 0 radical (unpaired) electrons. The molecular weight excluding hydrogens is 508 g/mol. The van der Waals surface area contributed by atoms with Crippen molar-refractivity contribution in [3.8, 4) is 5.75 Å². The summed E-state index contributed by atoms with van der Waals surface area (Å²) < 4.78 is 6.10. The first-order valence-electron chi connectivity index (χ1n) is 13.7. The summed E-state index contributed by atoms with van der Waals surface area (Å²) in [6.45, 7) is 9.00. The third kappa shape index (κ3) is 6.75. The summed E-state index contributed by atoms with van der Waals surface area (Å²) in [7, 11) is 0. The Labute approximate surface area is 233 Å². The number of piperidine rings is 1. The summed E-state index contributed by atoms with van der Waals surface area (Å²) >= 11 is 1.11. The van der Waals surface area contributed by atoms with Gasteiger partial charge in [0, 0.05) is 24.1 Å². The first kappa shape index (κ1) is 27.1. The molecule has 0 spiro atoms. The van der Waals surface area contributed by atoms with Crippen molar-refractivity contribution in [3.63, 3.8) is 0 Å². The van der Waals surface area contributed by atoms with E-state index in [9.17, 15) is 9.59 Å². The number of carbonyl (C=O) groups excluding carboxylic acids is 1. The van der Waals surface area contributed by atoms with Gasteiger partial charge in [0.05, 0.1) is 0 Å². The zero-order valence-electron chi connectivity index (χ0n) is 22.8. The van der Waals surface area contributed by atoms with Crippen LogP contribution < -0.4 is 14.9 Å². The van der Waals surface area contributed by atoms with E-state index in [1.165, 1.54) is 16.3 Å². The molecule has 1 atom stereocenters. The summed E-state index contributed by atoms with van der Waals surface area (Å²) in [6, 6.07) is 20.4. The highest BCUT2D eigenvalue weighted by Gasteiger charge is 2.29. The monoisotopic (exact) mass is 544 g/mol. The third-order valence-corrected chi connectivity index (χ3v) is 8.44. The Kier molecular flexibility index (Phi) is 8.43. The van der Waals surface area contributed by atoms with Crippen molar-refractivity contribution in [3.05, 3.63) is 92.0 Å². The van der Waals surface area contributed by atoms with Gasteiger partial charge in [-0.1, -0.05) is 53.3 Å². The van der Waals surface area contributed by atoms with E-state index in [2.05, 4.69) is 65.5 Å². The number of nitrogens with zero attached hydrogens (tertiary/aromatic N) is 2. The molecule has 7 nitrogen and oxygen atoms in total. The van der Waals surface area contributed by atoms with Crippen molar-refractivity contribution >= 4 is 28.0 Å². The van der Waals surface area contributed by atoms with Gasteiger partial charge in [-0.05, 0) is 93.2 Å². The van der Waals surface area contributed by atoms with Crippen LogP contribution in [0, 0.1) is 12.8 Å². The average Bonchev–Trinajstić information content (AvgIpc) is 3.35. The predicted molar refractivity (Wildman–Crippen MR) is 157 cm³/mol. The van der Waals surface area contributed by atoms with Crippen molar-refractivity contribution in [2.45, 2.75) is 58.7 Å². The number of hydrogen-bond donors (Lipinski definition) is 2. The number of aromatic amines is 1. The zero-order chi connectivity index (χ0) is 27.4. The highest BCUT2D eigenvalue weighted by atomic mass is 32.1. The van der Waals surface area contributed by atoms with E-state index >= 15 is 0 Å². The van der Waals surface area contributed by atoms with Crippen molar-refractivity contribution in [2.24, 2.45) is 5.92 Å². The fourth-order valence-electron chi connectivity index (χ4n) is 5.50. The van der Waals surface area contributed by atoms with Crippen LogP contribution in [0.25, 0.3) is 10.8 Å². The first-order chi connectivity index (χ1) is 18.9. The molecule has 0 aliphatic carbocycles. The molecule has 204 valence electrons. The van der Waals surface area contributed by atoms with Gasteiger partial charge in [0.25, 0.3) is 5.91 Å². The number of benzene rings is 3. The molecule has 5 rings (SSSR count). The summed E-state index contributed by atoms with van der Waals surface area (Å²) in [4.78, 5) is 27.3. The largest absolute Gasteiger partial charge is 0.489 e. The molecule has 8 heteroatoms. The molecule has 1 aliphatic heterocycles. The van der Waals surface area contributed by atoms with Crippen LogP contribution in [-0.2, 0) is 13.0 Å². The summed E-state index contributed by atoms with van der Waals surface area (Å²) in [5.74, 6) is 0.927. The Balaban J connectivity index is 1.24. The van der Waals surface area contributed by atoms with E-state index in [1.54, 1.807) is 0 Å². The fraction of sp³-hybridized carbons (Fsp3) is 0.387. The SMILES string of the molecule is Cc1cc(COc2ccc(C(=O)NC(Cc3n[nH]c(=O)s3)C3CCN(C(C)C)CC3)cc2)c2ccccc2c1. The fourth-order valence-corrected chi connectivity index (χ4v) is 6.16. The van der Waals surface area contributed by atoms with Crippen molar-refractivity contribution in [1.82, 2.24) is 20.4 Å². The van der Waals surface area contributed by atoms with Crippen LogP contribution in [0.3, 0.4) is 0 Å². The van der Waals surface area contributed by atoms with Crippen LogP contribution in [0.5, 0.6) is 5.75 Å². The zero-order valence-corrected chi connectivity index (χ0v) is 23.6. The van der Waals surface area contributed by atoms with E-state index in [4.69, 9.17) is 4.74 Å². The maximum absolute atomic E-state index is 13.3. The van der Waals surface area contributed by atoms with Gasteiger partial charge in [0.15, 0.2) is 0 Å². The van der Waals surface area contributed by atoms with Gasteiger partial charge in [-0.3, -0.25) is 9.59 Å². The average molecular weight is 545 g/mol. The number of likely N-dealkylation sites (tertiary alicyclic amines) is 1. The molecule has 1 unspecified atom stereocenters. The molecule has 1 amide bonds. The smallest absolute Gasteiger partial charge is 0.322 e. The summed E-state index contributed by atoms with van der Waals surface area (Å²) in [5, 5.41) is 13.0. The van der Waals surface area contributed by atoms with Crippen LogP contribution in [0.15, 0.2) is 65.5 Å². The minimum absolute atomic E-state index is 0.0868. The maximum atomic E-state index is 13.3. The van der Waals surface area contributed by atoms with Gasteiger partial charge in [0.2, 0.25) is 0 Å². The molecule has 4 aromatic rings. The Bertz CT molecular complexity index is 1470. The lowest BCUT2D eigenvalue weighted by Crippen LogP contribution is -2.47. The van der Waals surface area contributed by atoms with Crippen LogP contribution >= 0.6 is 11.3 Å². The molecule has 3 aromatic carbocycles. The molecule has 0 bridgehead atoms. The second-order valence-electron chi connectivity index (χ2n) is 10.7. The van der Waals surface area contributed by atoms with Crippen molar-refractivity contribution in [2.75, 3.05) is 13.1 Å². The third-order valence-electron chi connectivity index (χ3n) is 7.67. The molecular formula is C31H36N4O3S. The van der Waals surface area contributed by atoms with Crippen molar-refractivity contribution in [1.29, 1.82) is 0 Å². The predicted octanol–water partition coefficient (Wildman–Crippen LogP) is 5.33. The van der Waals surface area contributed by atoms with Gasteiger partial charge in [-0.25, -0.2) is 5.10 Å². The minimum atomic E-state index is -0.168. The number of carbonyl (C=O) groups is 1. The lowest BCUT2D eigenvalue weighted by Gasteiger charge is -2.38. The topological polar surface area (TPSA) is 87.3 Å². The summed E-state index contributed by atoms with van der Waals surface area (Å²) in [6.07, 6.45) is 2.55.